The number of anilines is 2. The van der Waals surface area contributed by atoms with Crippen molar-refractivity contribution >= 4 is 23.2 Å². The third-order valence-corrected chi connectivity index (χ3v) is 5.15. The summed E-state index contributed by atoms with van der Waals surface area (Å²) in [7, 11) is 0. The lowest BCUT2D eigenvalue weighted by molar-refractivity contribution is -0.121. The summed E-state index contributed by atoms with van der Waals surface area (Å²) in [5.41, 5.74) is 2.59. The Morgan fingerprint density at radius 2 is 1.65 bits per heavy atom. The molecule has 7 heteroatoms. The minimum Gasteiger partial charge on any atom is -0.486 e. The highest BCUT2D eigenvalue weighted by molar-refractivity contribution is 6.06. The number of amides is 2. The normalized spacial score (nSPS) is 14.5. The molecule has 31 heavy (non-hydrogen) atoms. The van der Waals surface area contributed by atoms with Crippen LogP contribution >= 0.6 is 0 Å². The van der Waals surface area contributed by atoms with Gasteiger partial charge in [0.1, 0.15) is 19.0 Å². The maximum atomic E-state index is 12.9. The zero-order valence-electron chi connectivity index (χ0n) is 16.7. The van der Waals surface area contributed by atoms with Crippen molar-refractivity contribution in [1.82, 2.24) is 0 Å². The molecule has 0 radical (unpaired) electrons. The van der Waals surface area contributed by atoms with E-state index in [1.54, 1.807) is 41.3 Å². The summed E-state index contributed by atoms with van der Waals surface area (Å²) in [6, 6.07) is 20.1. The first-order valence-corrected chi connectivity index (χ1v) is 9.99. The van der Waals surface area contributed by atoms with E-state index in [-0.39, 0.29) is 18.4 Å². The van der Waals surface area contributed by atoms with Crippen LogP contribution in [0.15, 0.2) is 66.7 Å². The predicted molar refractivity (Wildman–Crippen MR) is 115 cm³/mol. The molecule has 3 aromatic rings. The Morgan fingerprint density at radius 1 is 0.871 bits per heavy atom. The lowest BCUT2D eigenvalue weighted by Gasteiger charge is -2.30. The third kappa shape index (κ3) is 3.90. The number of fused-ring (bicyclic) bond motifs is 2. The van der Waals surface area contributed by atoms with Crippen molar-refractivity contribution in [3.63, 3.8) is 0 Å². The van der Waals surface area contributed by atoms with Gasteiger partial charge in [0.25, 0.3) is 11.8 Å². The van der Waals surface area contributed by atoms with Crippen LogP contribution in [0.25, 0.3) is 0 Å². The number of rotatable bonds is 4. The van der Waals surface area contributed by atoms with Gasteiger partial charge in [0.05, 0.1) is 12.2 Å². The SMILES string of the molecule is O=C(Nc1ccc2c(c1)OCCO2)c1ccc2c(c1)N(Cc1ccccc1)C(=O)CO2. The number of benzene rings is 3. The molecule has 0 fully saturated rings. The van der Waals surface area contributed by atoms with Crippen molar-refractivity contribution in [2.24, 2.45) is 0 Å². The van der Waals surface area contributed by atoms with Gasteiger partial charge in [-0.3, -0.25) is 9.59 Å². The van der Waals surface area contributed by atoms with Crippen LogP contribution in [0.4, 0.5) is 11.4 Å². The summed E-state index contributed by atoms with van der Waals surface area (Å²) < 4.78 is 16.6. The smallest absolute Gasteiger partial charge is 0.265 e. The first-order valence-electron chi connectivity index (χ1n) is 9.99. The lowest BCUT2D eigenvalue weighted by atomic mass is 10.1. The molecule has 156 valence electrons. The van der Waals surface area contributed by atoms with Gasteiger partial charge >= 0.3 is 0 Å². The molecule has 0 saturated carbocycles. The molecule has 0 saturated heterocycles. The van der Waals surface area contributed by atoms with Gasteiger partial charge in [-0.2, -0.15) is 0 Å². The van der Waals surface area contributed by atoms with Gasteiger partial charge in [-0.15, -0.1) is 0 Å². The minimum absolute atomic E-state index is 0.0252. The highest BCUT2D eigenvalue weighted by Crippen LogP contribution is 2.35. The van der Waals surface area contributed by atoms with Crippen molar-refractivity contribution in [1.29, 1.82) is 0 Å². The molecule has 0 unspecified atom stereocenters. The van der Waals surface area contributed by atoms with E-state index in [9.17, 15) is 9.59 Å². The zero-order valence-corrected chi connectivity index (χ0v) is 16.7. The Morgan fingerprint density at radius 3 is 2.48 bits per heavy atom. The Labute approximate surface area is 179 Å². The summed E-state index contributed by atoms with van der Waals surface area (Å²) in [6.07, 6.45) is 0. The van der Waals surface area contributed by atoms with Gasteiger partial charge in [0, 0.05) is 17.3 Å². The second-order valence-electron chi connectivity index (χ2n) is 7.25. The highest BCUT2D eigenvalue weighted by Gasteiger charge is 2.27. The molecule has 2 heterocycles. The molecule has 2 aliphatic heterocycles. The monoisotopic (exact) mass is 416 g/mol. The number of nitrogens with one attached hydrogen (secondary N) is 1. The topological polar surface area (TPSA) is 77.1 Å². The summed E-state index contributed by atoms with van der Waals surface area (Å²) in [6.45, 7) is 1.36. The average Bonchev–Trinajstić information content (AvgIpc) is 2.81. The molecule has 2 amide bonds. The number of carbonyl (C=O) groups is 2. The van der Waals surface area contributed by atoms with E-state index in [2.05, 4.69) is 5.32 Å². The van der Waals surface area contributed by atoms with Crippen molar-refractivity contribution in [3.8, 4) is 17.2 Å². The van der Waals surface area contributed by atoms with Gasteiger partial charge in [0.15, 0.2) is 18.1 Å². The Balaban J connectivity index is 1.39. The van der Waals surface area contributed by atoms with E-state index in [0.29, 0.717) is 53.9 Å². The fourth-order valence-electron chi connectivity index (χ4n) is 3.61. The maximum Gasteiger partial charge on any atom is 0.265 e. The highest BCUT2D eigenvalue weighted by atomic mass is 16.6. The van der Waals surface area contributed by atoms with Gasteiger partial charge in [-0.1, -0.05) is 30.3 Å². The van der Waals surface area contributed by atoms with Crippen LogP contribution in [0, 0.1) is 0 Å². The molecule has 7 nitrogen and oxygen atoms in total. The fourth-order valence-corrected chi connectivity index (χ4v) is 3.61. The largest absolute Gasteiger partial charge is 0.486 e. The molecule has 2 aliphatic rings. The second-order valence-corrected chi connectivity index (χ2v) is 7.25. The number of hydrogen-bond donors (Lipinski definition) is 1. The number of nitrogens with zero attached hydrogens (tertiary/aromatic N) is 1. The van der Waals surface area contributed by atoms with Gasteiger partial charge in [-0.05, 0) is 35.9 Å². The summed E-state index contributed by atoms with van der Waals surface area (Å²) in [5, 5.41) is 2.87. The Kier molecular flexibility index (Phi) is 4.92. The van der Waals surface area contributed by atoms with Crippen LogP contribution in [0.3, 0.4) is 0 Å². The molecule has 0 atom stereocenters. The van der Waals surface area contributed by atoms with E-state index in [4.69, 9.17) is 14.2 Å². The summed E-state index contributed by atoms with van der Waals surface area (Å²) in [5.74, 6) is 1.39. The molecule has 3 aromatic carbocycles. The van der Waals surface area contributed by atoms with Crippen molar-refractivity contribution in [2.45, 2.75) is 6.54 Å². The van der Waals surface area contributed by atoms with Crippen molar-refractivity contribution in [2.75, 3.05) is 30.0 Å². The first-order chi connectivity index (χ1) is 15.2. The first kappa shape index (κ1) is 19.0. The van der Waals surface area contributed by atoms with Gasteiger partial charge < -0.3 is 24.4 Å². The van der Waals surface area contributed by atoms with Crippen LogP contribution in [0.1, 0.15) is 15.9 Å². The maximum absolute atomic E-state index is 12.9. The van der Waals surface area contributed by atoms with Crippen LogP contribution in [0.2, 0.25) is 0 Å². The summed E-state index contributed by atoms with van der Waals surface area (Å²) in [4.78, 5) is 27.1. The molecule has 0 bridgehead atoms. The van der Waals surface area contributed by atoms with Gasteiger partial charge in [0.2, 0.25) is 0 Å². The third-order valence-electron chi connectivity index (χ3n) is 5.15. The number of carbonyl (C=O) groups excluding carboxylic acids is 2. The van der Waals surface area contributed by atoms with Gasteiger partial charge in [-0.25, -0.2) is 0 Å². The number of hydrogen-bond acceptors (Lipinski definition) is 5. The van der Waals surface area contributed by atoms with Crippen molar-refractivity contribution in [3.05, 3.63) is 77.9 Å². The standard InChI is InChI=1S/C24H20N2O5/c27-23-15-31-20-8-6-17(12-19(20)26(23)14-16-4-2-1-3-5-16)24(28)25-18-7-9-21-22(13-18)30-11-10-29-21/h1-9,12-13H,10-11,14-15H2,(H,25,28). The molecular formula is C24H20N2O5. The van der Waals surface area contributed by atoms with E-state index in [1.165, 1.54) is 0 Å². The van der Waals surface area contributed by atoms with E-state index in [1.807, 2.05) is 30.3 Å². The molecule has 0 aromatic heterocycles. The van der Waals surface area contributed by atoms with Crippen molar-refractivity contribution < 1.29 is 23.8 Å². The van der Waals surface area contributed by atoms with Crippen LogP contribution < -0.4 is 24.4 Å². The van der Waals surface area contributed by atoms with E-state index < -0.39 is 0 Å². The second kappa shape index (κ2) is 8.02. The minimum atomic E-state index is -0.294. The molecular weight excluding hydrogens is 396 g/mol. The molecule has 5 rings (SSSR count). The average molecular weight is 416 g/mol. The zero-order chi connectivity index (χ0) is 21.2. The molecule has 1 N–H and O–H groups in total. The lowest BCUT2D eigenvalue weighted by Crippen LogP contribution is -2.38. The van der Waals surface area contributed by atoms with Crippen LogP contribution in [0.5, 0.6) is 17.2 Å². The van der Waals surface area contributed by atoms with Crippen LogP contribution in [-0.4, -0.2) is 31.6 Å². The summed E-state index contributed by atoms with van der Waals surface area (Å²) >= 11 is 0. The Bertz CT molecular complexity index is 1150. The number of ether oxygens (including phenoxy) is 3. The Hall–Kier alpha value is -4.00. The van der Waals surface area contributed by atoms with Crippen LogP contribution in [-0.2, 0) is 11.3 Å². The van der Waals surface area contributed by atoms with E-state index >= 15 is 0 Å². The fraction of sp³-hybridized carbons (Fsp3) is 0.167. The quantitative estimate of drug-likeness (QED) is 0.703. The van der Waals surface area contributed by atoms with E-state index in [0.717, 1.165) is 5.56 Å². The predicted octanol–water partition coefficient (Wildman–Crippen LogP) is 3.64. The molecule has 0 spiro atoms. The molecule has 0 aliphatic carbocycles.